The molecule has 3 aromatic carbocycles. The van der Waals surface area contributed by atoms with Crippen molar-refractivity contribution in [3.63, 3.8) is 0 Å². The molecule has 0 aliphatic carbocycles. The van der Waals surface area contributed by atoms with E-state index in [-0.39, 0.29) is 37.1 Å². The molecule has 2 amide bonds. The molecular formula is C33H33ClN4O5. The Kier molecular flexibility index (Phi) is 7.72. The first-order valence-electron chi connectivity index (χ1n) is 14.4. The van der Waals surface area contributed by atoms with Crippen molar-refractivity contribution in [3.8, 4) is 5.69 Å². The molecule has 1 aromatic heterocycles. The molecule has 3 heterocycles. The number of H-pyrrole nitrogens is 1. The summed E-state index contributed by atoms with van der Waals surface area (Å²) in [6, 6.07) is 19.5. The summed E-state index contributed by atoms with van der Waals surface area (Å²) in [5, 5.41) is 25.6. The lowest BCUT2D eigenvalue weighted by Crippen LogP contribution is -2.44. The van der Waals surface area contributed by atoms with E-state index in [1.165, 1.54) is 9.58 Å². The third-order valence-electron chi connectivity index (χ3n) is 8.62. The number of aliphatic hydroxyl groups is 2. The van der Waals surface area contributed by atoms with Gasteiger partial charge in [-0.3, -0.25) is 19.5 Å². The molecule has 1 fully saturated rings. The normalized spacial score (nSPS) is 20.8. The highest BCUT2D eigenvalue weighted by Gasteiger charge is 2.52. The number of nitrogens with zero attached hydrogens (tertiary/aromatic N) is 3. The summed E-state index contributed by atoms with van der Waals surface area (Å²) in [4.78, 5) is 43.0. The van der Waals surface area contributed by atoms with Crippen molar-refractivity contribution in [1.82, 2.24) is 14.7 Å². The van der Waals surface area contributed by atoms with E-state index in [9.17, 15) is 24.6 Å². The Morgan fingerprint density at radius 2 is 1.95 bits per heavy atom. The molecule has 2 aliphatic rings. The molecule has 2 aliphatic heterocycles. The van der Waals surface area contributed by atoms with E-state index in [1.54, 1.807) is 48.2 Å². The third-order valence-corrected chi connectivity index (χ3v) is 8.85. The Bertz CT molecular complexity index is 1800. The van der Waals surface area contributed by atoms with Gasteiger partial charge in [0.1, 0.15) is 0 Å². The smallest absolute Gasteiger partial charge is 0.279 e. The molecule has 0 unspecified atom stereocenters. The van der Waals surface area contributed by atoms with Crippen molar-refractivity contribution >= 4 is 40.0 Å². The maximum absolute atomic E-state index is 14.0. The average molecular weight is 601 g/mol. The van der Waals surface area contributed by atoms with Crippen LogP contribution in [0.1, 0.15) is 37.3 Å². The van der Waals surface area contributed by atoms with E-state index >= 15 is 0 Å². The number of aromatic nitrogens is 2. The van der Waals surface area contributed by atoms with Crippen LogP contribution in [-0.4, -0.2) is 55.9 Å². The highest BCUT2D eigenvalue weighted by molar-refractivity contribution is 6.31. The Labute approximate surface area is 253 Å². The van der Waals surface area contributed by atoms with Gasteiger partial charge in [0.25, 0.3) is 11.5 Å². The first kappa shape index (κ1) is 28.9. The van der Waals surface area contributed by atoms with E-state index in [4.69, 9.17) is 11.6 Å². The van der Waals surface area contributed by atoms with Crippen molar-refractivity contribution in [3.05, 3.63) is 105 Å². The predicted molar refractivity (Wildman–Crippen MR) is 165 cm³/mol. The topological polar surface area (TPSA) is 119 Å². The summed E-state index contributed by atoms with van der Waals surface area (Å²) in [5.41, 5.74) is 0.989. The van der Waals surface area contributed by atoms with Crippen LogP contribution in [0.25, 0.3) is 16.6 Å². The highest BCUT2D eigenvalue weighted by atomic mass is 35.5. The zero-order valence-corrected chi connectivity index (χ0v) is 24.5. The third kappa shape index (κ3) is 5.07. The molecule has 9 nitrogen and oxygen atoms in total. The van der Waals surface area contributed by atoms with Crippen LogP contribution < -0.4 is 10.5 Å². The van der Waals surface area contributed by atoms with Gasteiger partial charge in [0, 0.05) is 29.5 Å². The van der Waals surface area contributed by atoms with Gasteiger partial charge < -0.3 is 20.0 Å². The highest BCUT2D eigenvalue weighted by Crippen LogP contribution is 2.46. The molecule has 0 saturated carbocycles. The number of halogens is 1. The average Bonchev–Trinajstić information content (AvgIpc) is 3.68. The molecule has 0 spiro atoms. The number of hydrogen-bond acceptors (Lipinski definition) is 5. The number of aliphatic hydroxyl groups excluding tert-OH is 1. The Hall–Kier alpha value is -4.18. The number of benzene rings is 3. The van der Waals surface area contributed by atoms with Crippen LogP contribution in [0.3, 0.4) is 0 Å². The van der Waals surface area contributed by atoms with E-state index in [0.29, 0.717) is 33.9 Å². The summed E-state index contributed by atoms with van der Waals surface area (Å²) < 4.78 is 1.48. The molecule has 222 valence electrons. The molecule has 10 heteroatoms. The van der Waals surface area contributed by atoms with Crippen molar-refractivity contribution in [2.45, 2.75) is 44.4 Å². The Morgan fingerprint density at radius 3 is 2.74 bits per heavy atom. The molecule has 1 saturated heterocycles. The van der Waals surface area contributed by atoms with Crippen LogP contribution in [0.4, 0.5) is 5.69 Å². The number of carbonyl (C=O) groups is 2. The van der Waals surface area contributed by atoms with Crippen molar-refractivity contribution in [1.29, 1.82) is 0 Å². The van der Waals surface area contributed by atoms with E-state index < -0.39 is 17.4 Å². The summed E-state index contributed by atoms with van der Waals surface area (Å²) in [6.07, 6.45) is 5.12. The van der Waals surface area contributed by atoms with Crippen LogP contribution in [0.5, 0.6) is 0 Å². The lowest BCUT2D eigenvalue weighted by atomic mass is 9.83. The second-order valence-electron chi connectivity index (χ2n) is 11.3. The maximum atomic E-state index is 14.0. The Morgan fingerprint density at radius 1 is 1.14 bits per heavy atom. The van der Waals surface area contributed by atoms with Gasteiger partial charge in [-0.25, -0.2) is 4.68 Å². The quantitative estimate of drug-likeness (QED) is 0.261. The van der Waals surface area contributed by atoms with Crippen LogP contribution >= 0.6 is 11.6 Å². The van der Waals surface area contributed by atoms with Crippen LogP contribution in [0, 0.1) is 5.92 Å². The molecule has 3 atom stereocenters. The second kappa shape index (κ2) is 11.5. The number of hydrogen-bond donors (Lipinski definition) is 3. The van der Waals surface area contributed by atoms with Crippen LogP contribution in [0.2, 0.25) is 5.02 Å². The number of nitrogens with one attached hydrogen (secondary N) is 1. The van der Waals surface area contributed by atoms with Crippen LogP contribution in [-0.2, 0) is 21.7 Å². The standard InChI is InChI=1S/C33H33ClN4O5/c1-21(7-4-13-30(40)36-16-6-10-25(36)20-39)33(43)27-18-23(34)14-15-29(27)37(32(33)42)19-22-8-5-9-24(17-22)38-31(41)26-11-2-3-12-28(26)35-38/h2-5,7-9,11-12,14-15,17-18,21,25,35,39,43H,6,10,13,16,19-20H2,1H3/b7-4+/t21-,25-,33+/m0/s1. The number of fused-ring (bicyclic) bond motifs is 2. The molecular weight excluding hydrogens is 568 g/mol. The number of para-hydroxylation sites is 1. The number of carbonyl (C=O) groups excluding carboxylic acids is 2. The van der Waals surface area contributed by atoms with Gasteiger partial charge in [-0.1, -0.05) is 54.9 Å². The fraction of sp³-hybridized carbons (Fsp3) is 0.303. The maximum Gasteiger partial charge on any atom is 0.279 e. The number of amides is 2. The molecule has 0 radical (unpaired) electrons. The summed E-state index contributed by atoms with van der Waals surface area (Å²) >= 11 is 6.33. The molecule has 6 rings (SSSR count). The van der Waals surface area contributed by atoms with Gasteiger partial charge in [0.15, 0.2) is 5.60 Å². The van der Waals surface area contributed by atoms with Crippen molar-refractivity contribution < 1.29 is 19.8 Å². The van der Waals surface area contributed by atoms with Crippen LogP contribution in [0.15, 0.2) is 83.7 Å². The fourth-order valence-electron chi connectivity index (χ4n) is 6.28. The van der Waals surface area contributed by atoms with Crippen molar-refractivity contribution in [2.75, 3.05) is 18.1 Å². The Balaban J connectivity index is 1.26. The van der Waals surface area contributed by atoms with E-state index in [0.717, 1.165) is 23.9 Å². The SMILES string of the molecule is C[C@@H](/C=C/CC(=O)N1CCC[C@H]1CO)[C@]1(O)C(=O)N(Cc2cccc(-n3[nH]c4ccccc4c3=O)c2)c2ccc(Cl)cc21. The van der Waals surface area contributed by atoms with Gasteiger partial charge in [0.05, 0.1) is 41.5 Å². The number of aromatic amines is 1. The number of rotatable bonds is 8. The van der Waals surface area contributed by atoms with E-state index in [1.807, 2.05) is 42.5 Å². The number of anilines is 1. The molecule has 3 N–H and O–H groups in total. The zero-order chi connectivity index (χ0) is 30.3. The number of likely N-dealkylation sites (tertiary alicyclic amines) is 1. The first-order chi connectivity index (χ1) is 20.7. The summed E-state index contributed by atoms with van der Waals surface area (Å²) in [6.45, 7) is 2.45. The predicted octanol–water partition coefficient (Wildman–Crippen LogP) is 4.27. The lowest BCUT2D eigenvalue weighted by Gasteiger charge is -2.28. The van der Waals surface area contributed by atoms with E-state index in [2.05, 4.69) is 5.10 Å². The molecule has 4 aromatic rings. The van der Waals surface area contributed by atoms with Gasteiger partial charge in [-0.2, -0.15) is 0 Å². The first-order valence-corrected chi connectivity index (χ1v) is 14.8. The molecule has 43 heavy (non-hydrogen) atoms. The summed E-state index contributed by atoms with van der Waals surface area (Å²) in [5.74, 6) is -1.26. The van der Waals surface area contributed by atoms with Gasteiger partial charge in [0.2, 0.25) is 5.91 Å². The monoisotopic (exact) mass is 600 g/mol. The van der Waals surface area contributed by atoms with Gasteiger partial charge in [-0.05, 0) is 60.9 Å². The minimum absolute atomic E-state index is 0.0606. The van der Waals surface area contributed by atoms with Gasteiger partial charge >= 0.3 is 0 Å². The minimum atomic E-state index is -1.90. The largest absolute Gasteiger partial charge is 0.394 e. The molecule has 0 bridgehead atoms. The fourth-order valence-corrected chi connectivity index (χ4v) is 6.45. The lowest BCUT2D eigenvalue weighted by molar-refractivity contribution is -0.139. The zero-order valence-electron chi connectivity index (χ0n) is 23.7. The summed E-state index contributed by atoms with van der Waals surface area (Å²) in [7, 11) is 0. The van der Waals surface area contributed by atoms with Crippen molar-refractivity contribution in [2.24, 2.45) is 5.92 Å². The van der Waals surface area contributed by atoms with Gasteiger partial charge in [-0.15, -0.1) is 0 Å². The second-order valence-corrected chi connectivity index (χ2v) is 11.7. The minimum Gasteiger partial charge on any atom is -0.394 e.